The summed E-state index contributed by atoms with van der Waals surface area (Å²) in [5.74, 6) is 5.78. The van der Waals surface area contributed by atoms with Crippen LogP contribution in [0, 0.1) is 29.6 Å². The summed E-state index contributed by atoms with van der Waals surface area (Å²) >= 11 is 0. The summed E-state index contributed by atoms with van der Waals surface area (Å²) in [5, 5.41) is 0. The second kappa shape index (κ2) is 4.24. The van der Waals surface area contributed by atoms with E-state index in [0.717, 1.165) is 41.8 Å². The van der Waals surface area contributed by atoms with Crippen LogP contribution >= 0.6 is 0 Å². The number of nitrogens with two attached hydrogens (primary N) is 1. The van der Waals surface area contributed by atoms with Gasteiger partial charge >= 0.3 is 0 Å². The Kier molecular flexibility index (Phi) is 2.63. The summed E-state index contributed by atoms with van der Waals surface area (Å²) in [7, 11) is 1.72. The van der Waals surface area contributed by atoms with E-state index in [1.165, 1.54) is 24.8 Å². The Bertz CT molecular complexity index is 470. The van der Waals surface area contributed by atoms with Crippen molar-refractivity contribution in [3.05, 3.63) is 29.8 Å². The number of methoxy groups -OCH3 is 1. The van der Waals surface area contributed by atoms with E-state index in [-0.39, 0.29) is 0 Å². The molecule has 2 bridgehead atoms. The quantitative estimate of drug-likeness (QED) is 0.900. The van der Waals surface area contributed by atoms with Gasteiger partial charge in [0.15, 0.2) is 0 Å². The predicted octanol–water partition coefficient (Wildman–Crippen LogP) is 2.86. The van der Waals surface area contributed by atoms with E-state index in [4.69, 9.17) is 10.5 Å². The number of fused-ring (bicyclic) bond motifs is 5. The molecule has 0 aliphatic heterocycles. The molecular formula is C17H23NO. The van der Waals surface area contributed by atoms with Crippen LogP contribution < -0.4 is 10.5 Å². The molecule has 3 aliphatic carbocycles. The second-order valence-corrected chi connectivity index (χ2v) is 6.78. The molecule has 5 atom stereocenters. The van der Waals surface area contributed by atoms with Crippen LogP contribution in [0.4, 0.5) is 0 Å². The fourth-order valence-corrected chi connectivity index (χ4v) is 5.17. The number of rotatable bonds is 4. The van der Waals surface area contributed by atoms with Gasteiger partial charge in [-0.1, -0.05) is 12.1 Å². The first-order chi connectivity index (χ1) is 9.28. The molecule has 1 aromatic rings. The Labute approximate surface area is 115 Å². The number of hydrogen-bond acceptors (Lipinski definition) is 2. The van der Waals surface area contributed by atoms with Crippen molar-refractivity contribution in [1.29, 1.82) is 0 Å². The highest BCUT2D eigenvalue weighted by molar-refractivity contribution is 5.29. The summed E-state index contributed by atoms with van der Waals surface area (Å²) in [6, 6.07) is 8.73. The maximum atomic E-state index is 6.50. The van der Waals surface area contributed by atoms with Gasteiger partial charge in [0.05, 0.1) is 7.11 Å². The first-order valence-electron chi connectivity index (χ1n) is 7.66. The van der Waals surface area contributed by atoms with Crippen LogP contribution in [0.3, 0.4) is 0 Å². The third kappa shape index (κ3) is 1.80. The maximum absolute atomic E-state index is 6.50. The fraction of sp³-hybridized carbons (Fsp3) is 0.647. The zero-order valence-electron chi connectivity index (χ0n) is 11.6. The van der Waals surface area contributed by atoms with Crippen molar-refractivity contribution in [2.45, 2.75) is 31.7 Å². The zero-order valence-corrected chi connectivity index (χ0v) is 11.6. The van der Waals surface area contributed by atoms with Gasteiger partial charge in [0.2, 0.25) is 0 Å². The van der Waals surface area contributed by atoms with Crippen molar-refractivity contribution >= 4 is 0 Å². The van der Waals surface area contributed by atoms with Gasteiger partial charge < -0.3 is 10.5 Å². The Morgan fingerprint density at radius 3 is 2.68 bits per heavy atom. The van der Waals surface area contributed by atoms with E-state index in [9.17, 15) is 0 Å². The van der Waals surface area contributed by atoms with Crippen LogP contribution in [-0.4, -0.2) is 13.2 Å². The average molecular weight is 257 g/mol. The van der Waals surface area contributed by atoms with E-state index < -0.39 is 0 Å². The monoisotopic (exact) mass is 257 g/mol. The molecule has 1 aromatic carbocycles. The van der Waals surface area contributed by atoms with Crippen molar-refractivity contribution in [1.82, 2.24) is 0 Å². The van der Waals surface area contributed by atoms with Gasteiger partial charge in [-0.25, -0.2) is 0 Å². The largest absolute Gasteiger partial charge is 0.497 e. The minimum atomic E-state index is 0.352. The van der Waals surface area contributed by atoms with Crippen LogP contribution in [0.5, 0.6) is 5.75 Å². The van der Waals surface area contributed by atoms with E-state index in [0.29, 0.717) is 6.04 Å². The highest BCUT2D eigenvalue weighted by atomic mass is 16.5. The third-order valence-electron chi connectivity index (χ3n) is 5.89. The first-order valence-corrected chi connectivity index (χ1v) is 7.66. The second-order valence-electron chi connectivity index (χ2n) is 6.78. The molecule has 102 valence electrons. The predicted molar refractivity (Wildman–Crippen MR) is 76.0 cm³/mol. The number of ether oxygens (including phenoxy) is 1. The summed E-state index contributed by atoms with van der Waals surface area (Å²) < 4.78 is 5.29. The van der Waals surface area contributed by atoms with Gasteiger partial charge in [0, 0.05) is 6.04 Å². The van der Waals surface area contributed by atoms with E-state index in [2.05, 4.69) is 18.2 Å². The molecule has 0 saturated heterocycles. The molecule has 0 heterocycles. The summed E-state index contributed by atoms with van der Waals surface area (Å²) in [4.78, 5) is 0. The Hall–Kier alpha value is -1.02. The Morgan fingerprint density at radius 1 is 1.26 bits per heavy atom. The maximum Gasteiger partial charge on any atom is 0.119 e. The SMILES string of the molecule is COc1cccc(CC(N)C2C3C4CCC(C4)C23)c1. The molecule has 4 rings (SSSR count). The minimum Gasteiger partial charge on any atom is -0.497 e. The van der Waals surface area contributed by atoms with Crippen molar-refractivity contribution in [2.75, 3.05) is 7.11 Å². The topological polar surface area (TPSA) is 35.2 Å². The molecule has 3 saturated carbocycles. The van der Waals surface area contributed by atoms with E-state index >= 15 is 0 Å². The fourth-order valence-electron chi connectivity index (χ4n) is 5.17. The van der Waals surface area contributed by atoms with Crippen LogP contribution in [0.15, 0.2) is 24.3 Å². The molecule has 2 heteroatoms. The Morgan fingerprint density at radius 2 is 2.00 bits per heavy atom. The molecule has 0 amide bonds. The zero-order chi connectivity index (χ0) is 13.0. The molecule has 0 radical (unpaired) electrons. The van der Waals surface area contributed by atoms with Crippen LogP contribution in [0.2, 0.25) is 0 Å². The van der Waals surface area contributed by atoms with Crippen molar-refractivity contribution in [3.8, 4) is 5.75 Å². The lowest BCUT2D eigenvalue weighted by atomic mass is 9.94. The molecule has 3 fully saturated rings. The van der Waals surface area contributed by atoms with Crippen molar-refractivity contribution < 1.29 is 4.74 Å². The van der Waals surface area contributed by atoms with Crippen molar-refractivity contribution in [2.24, 2.45) is 35.3 Å². The molecule has 0 aromatic heterocycles. The number of benzene rings is 1. The Balaban J connectivity index is 1.43. The molecule has 2 nitrogen and oxygen atoms in total. The smallest absolute Gasteiger partial charge is 0.119 e. The normalized spacial score (nSPS) is 40.0. The molecule has 19 heavy (non-hydrogen) atoms. The van der Waals surface area contributed by atoms with Gasteiger partial charge in [0.25, 0.3) is 0 Å². The van der Waals surface area contributed by atoms with Gasteiger partial charge in [-0.15, -0.1) is 0 Å². The highest BCUT2D eigenvalue weighted by Gasteiger charge is 2.65. The van der Waals surface area contributed by atoms with E-state index in [1.807, 2.05) is 6.07 Å². The minimum absolute atomic E-state index is 0.352. The average Bonchev–Trinajstić information content (AvgIpc) is 2.88. The van der Waals surface area contributed by atoms with Gasteiger partial charge in [-0.05, 0) is 73.0 Å². The summed E-state index contributed by atoms with van der Waals surface area (Å²) in [5.41, 5.74) is 7.83. The lowest BCUT2D eigenvalue weighted by Gasteiger charge is -2.16. The molecule has 3 aliphatic rings. The van der Waals surface area contributed by atoms with Crippen LogP contribution in [0.25, 0.3) is 0 Å². The first kappa shape index (κ1) is 11.8. The molecular weight excluding hydrogens is 234 g/mol. The molecule has 0 spiro atoms. The highest BCUT2D eigenvalue weighted by Crippen LogP contribution is 2.70. The summed E-state index contributed by atoms with van der Waals surface area (Å²) in [6.45, 7) is 0. The van der Waals surface area contributed by atoms with Gasteiger partial charge in [-0.3, -0.25) is 0 Å². The molecule has 5 unspecified atom stereocenters. The standard InChI is InChI=1S/C17H23NO/c1-19-13-4-2-3-10(7-13)8-14(18)17-15-11-5-6-12(9-11)16(15)17/h2-4,7,11-12,14-17H,5-6,8-9,18H2,1H3. The lowest BCUT2D eigenvalue weighted by molar-refractivity contribution is 0.405. The van der Waals surface area contributed by atoms with Crippen molar-refractivity contribution in [3.63, 3.8) is 0 Å². The van der Waals surface area contributed by atoms with Crippen LogP contribution in [-0.2, 0) is 6.42 Å². The van der Waals surface area contributed by atoms with Crippen LogP contribution in [0.1, 0.15) is 24.8 Å². The van der Waals surface area contributed by atoms with Gasteiger partial charge in [-0.2, -0.15) is 0 Å². The molecule has 2 N–H and O–H groups in total. The van der Waals surface area contributed by atoms with E-state index in [1.54, 1.807) is 7.11 Å². The number of hydrogen-bond donors (Lipinski definition) is 1. The van der Waals surface area contributed by atoms with Gasteiger partial charge in [0.1, 0.15) is 5.75 Å². The third-order valence-corrected chi connectivity index (χ3v) is 5.89. The lowest BCUT2D eigenvalue weighted by Crippen LogP contribution is -2.28. The summed E-state index contributed by atoms with van der Waals surface area (Å²) in [6.07, 6.45) is 5.48.